The average Bonchev–Trinajstić information content (AvgIpc) is 3.23. The SMILES string of the molecule is CO[C@@H]1CCn2c([C@H]3CCC[C@@H](Nc4ncc(C(F)(F)F)c(OC5COC5)n4)C3)nnc2[C@H]1C(F)(F)F. The van der Waals surface area contributed by atoms with Crippen molar-refractivity contribution in [1.29, 1.82) is 0 Å². The van der Waals surface area contributed by atoms with Gasteiger partial charge in [0.2, 0.25) is 11.8 Å². The van der Waals surface area contributed by atoms with Gasteiger partial charge in [0.1, 0.15) is 29.2 Å². The zero-order valence-electron chi connectivity index (χ0n) is 19.8. The number of halogens is 6. The molecule has 3 aliphatic rings. The Morgan fingerprint density at radius 3 is 2.46 bits per heavy atom. The van der Waals surface area contributed by atoms with Crippen LogP contribution in [0.3, 0.4) is 0 Å². The van der Waals surface area contributed by atoms with Crippen molar-refractivity contribution in [3.05, 3.63) is 23.4 Å². The Labute approximate surface area is 207 Å². The maximum Gasteiger partial charge on any atom is 0.423 e. The van der Waals surface area contributed by atoms with E-state index < -0.39 is 41.9 Å². The van der Waals surface area contributed by atoms with Crippen LogP contribution in [-0.4, -0.2) is 69.5 Å². The highest BCUT2D eigenvalue weighted by molar-refractivity contribution is 5.36. The number of ether oxygens (including phenoxy) is 3. The summed E-state index contributed by atoms with van der Waals surface area (Å²) in [6, 6.07) is -0.225. The van der Waals surface area contributed by atoms with Crippen LogP contribution in [0, 0.1) is 0 Å². The van der Waals surface area contributed by atoms with Crippen molar-refractivity contribution in [2.24, 2.45) is 0 Å². The van der Waals surface area contributed by atoms with Gasteiger partial charge in [-0.25, -0.2) is 4.98 Å². The first-order valence-electron chi connectivity index (χ1n) is 12.0. The van der Waals surface area contributed by atoms with Crippen LogP contribution in [0.1, 0.15) is 61.2 Å². The molecule has 1 saturated heterocycles. The van der Waals surface area contributed by atoms with E-state index in [0.29, 0.717) is 37.8 Å². The second kappa shape index (κ2) is 9.89. The Morgan fingerprint density at radius 1 is 1.05 bits per heavy atom. The lowest BCUT2D eigenvalue weighted by molar-refractivity contribution is -0.183. The highest BCUT2D eigenvalue weighted by Gasteiger charge is 2.51. The van der Waals surface area contributed by atoms with Crippen molar-refractivity contribution in [1.82, 2.24) is 24.7 Å². The van der Waals surface area contributed by atoms with E-state index in [4.69, 9.17) is 14.2 Å². The molecule has 1 aliphatic carbocycles. The molecule has 0 radical (unpaired) electrons. The molecule has 5 rings (SSSR count). The lowest BCUT2D eigenvalue weighted by Crippen LogP contribution is -2.40. The van der Waals surface area contributed by atoms with Gasteiger partial charge in [0.15, 0.2) is 0 Å². The van der Waals surface area contributed by atoms with Gasteiger partial charge in [-0.3, -0.25) is 0 Å². The fourth-order valence-corrected chi connectivity index (χ4v) is 5.19. The number of methoxy groups -OCH3 is 1. The Morgan fingerprint density at radius 2 is 1.81 bits per heavy atom. The Bertz CT molecular complexity index is 1110. The van der Waals surface area contributed by atoms with Gasteiger partial charge in [-0.2, -0.15) is 31.3 Å². The van der Waals surface area contributed by atoms with Gasteiger partial charge in [-0.15, -0.1) is 10.2 Å². The van der Waals surface area contributed by atoms with Crippen LogP contribution >= 0.6 is 0 Å². The quantitative estimate of drug-likeness (QED) is 0.553. The predicted molar refractivity (Wildman–Crippen MR) is 115 cm³/mol. The monoisotopic (exact) mass is 536 g/mol. The summed E-state index contributed by atoms with van der Waals surface area (Å²) in [6.07, 6.45) is -7.27. The van der Waals surface area contributed by atoms with Crippen molar-refractivity contribution >= 4 is 5.95 Å². The summed E-state index contributed by atoms with van der Waals surface area (Å²) < 4.78 is 98.5. The van der Waals surface area contributed by atoms with Gasteiger partial charge in [0, 0.05) is 31.8 Å². The molecule has 15 heteroatoms. The first kappa shape index (κ1) is 25.9. The third kappa shape index (κ3) is 5.33. The number of hydrogen-bond donors (Lipinski definition) is 1. The first-order chi connectivity index (χ1) is 17.5. The zero-order chi connectivity index (χ0) is 26.4. The fraction of sp³-hybridized carbons (Fsp3) is 0.727. The number of fused-ring (bicyclic) bond motifs is 1. The second-order valence-corrected chi connectivity index (χ2v) is 9.54. The van der Waals surface area contributed by atoms with Crippen LogP contribution in [0.4, 0.5) is 32.3 Å². The number of alkyl halides is 6. The van der Waals surface area contributed by atoms with E-state index in [-0.39, 0.29) is 43.4 Å². The lowest BCUT2D eigenvalue weighted by Gasteiger charge is -2.34. The van der Waals surface area contributed by atoms with Gasteiger partial charge in [-0.1, -0.05) is 6.42 Å². The van der Waals surface area contributed by atoms with Crippen molar-refractivity contribution in [2.45, 2.75) is 81.1 Å². The summed E-state index contributed by atoms with van der Waals surface area (Å²) in [5, 5.41) is 11.1. The lowest BCUT2D eigenvalue weighted by atomic mass is 9.84. The third-order valence-corrected chi connectivity index (χ3v) is 7.07. The van der Waals surface area contributed by atoms with E-state index in [0.717, 1.165) is 6.42 Å². The number of rotatable bonds is 6. The summed E-state index contributed by atoms with van der Waals surface area (Å²) in [5.41, 5.74) is -1.07. The number of hydrogen-bond acceptors (Lipinski definition) is 8. The minimum Gasteiger partial charge on any atom is -0.469 e. The molecule has 2 fully saturated rings. The van der Waals surface area contributed by atoms with Gasteiger partial charge in [0.05, 0.1) is 19.3 Å². The first-order valence-corrected chi connectivity index (χ1v) is 12.0. The molecule has 4 heterocycles. The van der Waals surface area contributed by atoms with Crippen LogP contribution in [0.25, 0.3) is 0 Å². The van der Waals surface area contributed by atoms with Crippen LogP contribution in [0.5, 0.6) is 5.88 Å². The van der Waals surface area contributed by atoms with E-state index in [9.17, 15) is 26.3 Å². The van der Waals surface area contributed by atoms with Crippen molar-refractivity contribution in [3.8, 4) is 5.88 Å². The Balaban J connectivity index is 1.33. The maximum absolute atomic E-state index is 13.8. The van der Waals surface area contributed by atoms with Crippen molar-refractivity contribution in [2.75, 3.05) is 25.6 Å². The van der Waals surface area contributed by atoms with Gasteiger partial charge >= 0.3 is 12.4 Å². The minimum absolute atomic E-state index is 0.0164. The zero-order valence-corrected chi connectivity index (χ0v) is 19.8. The van der Waals surface area contributed by atoms with Crippen LogP contribution in [0.15, 0.2) is 6.20 Å². The van der Waals surface area contributed by atoms with E-state index in [1.807, 2.05) is 0 Å². The molecule has 204 valence electrons. The highest BCUT2D eigenvalue weighted by atomic mass is 19.4. The number of anilines is 1. The smallest absolute Gasteiger partial charge is 0.423 e. The maximum atomic E-state index is 13.8. The summed E-state index contributed by atoms with van der Waals surface area (Å²) in [5.74, 6) is -2.29. The molecule has 1 saturated carbocycles. The molecule has 4 atom stereocenters. The highest BCUT2D eigenvalue weighted by Crippen LogP contribution is 2.44. The van der Waals surface area contributed by atoms with Gasteiger partial charge < -0.3 is 24.1 Å². The molecule has 1 N–H and O–H groups in total. The predicted octanol–water partition coefficient (Wildman–Crippen LogP) is 4.07. The number of nitrogens with zero attached hydrogens (tertiary/aromatic N) is 5. The van der Waals surface area contributed by atoms with Gasteiger partial charge in [-0.05, 0) is 25.7 Å². The molecule has 2 aromatic rings. The normalized spacial score (nSPS) is 26.9. The van der Waals surface area contributed by atoms with Crippen LogP contribution in [-0.2, 0) is 22.2 Å². The van der Waals surface area contributed by atoms with E-state index in [2.05, 4.69) is 25.5 Å². The molecule has 0 aromatic carbocycles. The molecule has 37 heavy (non-hydrogen) atoms. The topological polar surface area (TPSA) is 96.2 Å². The molecular weight excluding hydrogens is 510 g/mol. The van der Waals surface area contributed by atoms with E-state index in [1.54, 1.807) is 4.57 Å². The molecule has 2 aliphatic heterocycles. The standard InChI is InChI=1S/C22H26F6N6O3/c1-35-15-5-6-34-17(32-33-18(34)16(15)22(26,27)28)11-3-2-4-12(7-11)30-20-29-8-14(21(23,24)25)19(31-20)37-13-9-36-10-13/h8,11-13,15-16H,2-7,9-10H2,1H3,(H,29,30,31)/t11-,12+,15+,16-/m0/s1. The van der Waals surface area contributed by atoms with E-state index >= 15 is 0 Å². The molecule has 0 bridgehead atoms. The summed E-state index contributed by atoms with van der Waals surface area (Å²) in [6.45, 7) is 0.666. The van der Waals surface area contributed by atoms with Crippen molar-refractivity contribution < 1.29 is 40.6 Å². The second-order valence-electron chi connectivity index (χ2n) is 9.54. The number of aromatic nitrogens is 5. The average molecular weight is 536 g/mol. The Kier molecular flexibility index (Phi) is 6.94. The molecular formula is C22H26F6N6O3. The van der Waals surface area contributed by atoms with E-state index in [1.165, 1.54) is 7.11 Å². The third-order valence-electron chi connectivity index (χ3n) is 7.07. The summed E-state index contributed by atoms with van der Waals surface area (Å²) in [7, 11) is 1.26. The minimum atomic E-state index is -4.68. The molecule has 9 nitrogen and oxygen atoms in total. The summed E-state index contributed by atoms with van der Waals surface area (Å²) in [4.78, 5) is 7.81. The molecule has 0 spiro atoms. The Hall–Kier alpha value is -2.68. The fourth-order valence-electron chi connectivity index (χ4n) is 5.19. The largest absolute Gasteiger partial charge is 0.469 e. The van der Waals surface area contributed by atoms with Crippen LogP contribution < -0.4 is 10.1 Å². The number of nitrogens with one attached hydrogen (secondary N) is 1. The van der Waals surface area contributed by atoms with Crippen LogP contribution in [0.2, 0.25) is 0 Å². The van der Waals surface area contributed by atoms with Crippen molar-refractivity contribution in [3.63, 3.8) is 0 Å². The van der Waals surface area contributed by atoms with Gasteiger partial charge in [0.25, 0.3) is 0 Å². The molecule has 0 unspecified atom stereocenters. The molecule has 2 aromatic heterocycles. The molecule has 0 amide bonds. The summed E-state index contributed by atoms with van der Waals surface area (Å²) >= 11 is 0.